The molecular formula is C17H24N6O3. The van der Waals surface area contributed by atoms with Gasteiger partial charge in [0, 0.05) is 33.2 Å². The van der Waals surface area contributed by atoms with E-state index in [0.29, 0.717) is 23.7 Å². The predicted molar refractivity (Wildman–Crippen MR) is 99.4 cm³/mol. The van der Waals surface area contributed by atoms with Gasteiger partial charge in [0.15, 0.2) is 11.2 Å². The second-order valence-corrected chi connectivity index (χ2v) is 6.44. The van der Waals surface area contributed by atoms with E-state index in [-0.39, 0.29) is 6.54 Å². The average molecular weight is 360 g/mol. The summed E-state index contributed by atoms with van der Waals surface area (Å²) in [4.78, 5) is 32.1. The number of nitrogens with one attached hydrogen (secondary N) is 1. The first-order valence-corrected chi connectivity index (χ1v) is 8.69. The van der Waals surface area contributed by atoms with Crippen LogP contribution in [0.25, 0.3) is 11.2 Å². The first-order chi connectivity index (χ1) is 12.5. The van der Waals surface area contributed by atoms with Crippen molar-refractivity contribution in [1.29, 1.82) is 0 Å². The van der Waals surface area contributed by atoms with Crippen LogP contribution in [0.5, 0.6) is 0 Å². The van der Waals surface area contributed by atoms with Gasteiger partial charge in [0.25, 0.3) is 5.56 Å². The summed E-state index contributed by atoms with van der Waals surface area (Å²) in [6.07, 6.45) is -0.739. The Morgan fingerprint density at radius 3 is 2.58 bits per heavy atom. The molecule has 2 N–H and O–H groups in total. The van der Waals surface area contributed by atoms with E-state index in [2.05, 4.69) is 27.0 Å². The number of aliphatic hydroxyl groups is 1. The summed E-state index contributed by atoms with van der Waals surface area (Å²) in [5, 5.41) is 13.1. The van der Waals surface area contributed by atoms with Crippen molar-refractivity contribution in [2.45, 2.75) is 33.0 Å². The van der Waals surface area contributed by atoms with Gasteiger partial charge >= 0.3 is 5.69 Å². The van der Waals surface area contributed by atoms with Crippen molar-refractivity contribution in [3.05, 3.63) is 20.8 Å². The molecule has 0 spiro atoms. The Morgan fingerprint density at radius 2 is 1.96 bits per heavy atom. The maximum Gasteiger partial charge on any atom is 0.332 e. The van der Waals surface area contributed by atoms with Gasteiger partial charge in [-0.25, -0.2) is 4.79 Å². The fourth-order valence-corrected chi connectivity index (χ4v) is 3.19. The molecule has 3 rings (SSSR count). The van der Waals surface area contributed by atoms with Crippen LogP contribution in [0.4, 0.5) is 5.95 Å². The Morgan fingerprint density at radius 1 is 1.27 bits per heavy atom. The summed E-state index contributed by atoms with van der Waals surface area (Å²) in [6, 6.07) is 0. The number of fused-ring (bicyclic) bond motifs is 1. The van der Waals surface area contributed by atoms with Gasteiger partial charge in [0.2, 0.25) is 5.95 Å². The van der Waals surface area contributed by atoms with Crippen molar-refractivity contribution in [1.82, 2.24) is 24.0 Å². The second-order valence-electron chi connectivity index (χ2n) is 6.44. The molecule has 0 radical (unpaired) electrons. The summed E-state index contributed by atoms with van der Waals surface area (Å²) in [5.41, 5.74) is -0.255. The van der Waals surface area contributed by atoms with Gasteiger partial charge in [-0.05, 0) is 13.8 Å². The van der Waals surface area contributed by atoms with Crippen LogP contribution in [-0.2, 0) is 20.1 Å². The van der Waals surface area contributed by atoms with Crippen LogP contribution >= 0.6 is 0 Å². The zero-order valence-corrected chi connectivity index (χ0v) is 15.3. The normalized spacial score (nSPS) is 15.8. The number of aliphatic hydroxyl groups excluding tert-OH is 1. The van der Waals surface area contributed by atoms with Gasteiger partial charge in [-0.1, -0.05) is 5.92 Å². The first-order valence-electron chi connectivity index (χ1n) is 8.69. The molecule has 0 aliphatic carbocycles. The molecule has 1 saturated heterocycles. The lowest BCUT2D eigenvalue weighted by Gasteiger charge is -2.28. The fourth-order valence-electron chi connectivity index (χ4n) is 3.19. The van der Waals surface area contributed by atoms with Crippen LogP contribution in [0.3, 0.4) is 0 Å². The molecule has 9 heteroatoms. The summed E-state index contributed by atoms with van der Waals surface area (Å²) < 4.78 is 4.20. The topological polar surface area (TPSA) is 97.3 Å². The van der Waals surface area contributed by atoms with E-state index in [4.69, 9.17) is 0 Å². The lowest BCUT2D eigenvalue weighted by molar-refractivity contribution is 0.172. The molecule has 2 aromatic rings. The summed E-state index contributed by atoms with van der Waals surface area (Å²) in [6.45, 7) is 6.87. The zero-order chi connectivity index (χ0) is 18.8. The third kappa shape index (κ3) is 3.13. The number of piperazine rings is 1. The van der Waals surface area contributed by atoms with Crippen molar-refractivity contribution in [3.8, 4) is 11.8 Å². The quantitative estimate of drug-likeness (QED) is 0.659. The van der Waals surface area contributed by atoms with E-state index < -0.39 is 17.4 Å². The van der Waals surface area contributed by atoms with E-state index in [1.807, 2.05) is 0 Å². The number of nitrogens with zero attached hydrogens (tertiary/aromatic N) is 5. The second kappa shape index (κ2) is 7.35. The molecular weight excluding hydrogens is 336 g/mol. The van der Waals surface area contributed by atoms with Crippen molar-refractivity contribution >= 4 is 17.1 Å². The molecule has 1 aliphatic rings. The number of rotatable bonds is 4. The van der Waals surface area contributed by atoms with E-state index in [1.165, 1.54) is 11.6 Å². The Kier molecular flexibility index (Phi) is 5.15. The number of imidazole rings is 1. The van der Waals surface area contributed by atoms with Gasteiger partial charge in [0.1, 0.15) is 0 Å². The molecule has 9 nitrogen and oxygen atoms in total. The molecule has 0 aromatic carbocycles. The Labute approximate surface area is 150 Å². The third-order valence-corrected chi connectivity index (χ3v) is 4.47. The van der Waals surface area contributed by atoms with Crippen molar-refractivity contribution in [3.63, 3.8) is 0 Å². The number of anilines is 1. The largest absolute Gasteiger partial charge is 0.392 e. The molecule has 1 unspecified atom stereocenters. The molecule has 26 heavy (non-hydrogen) atoms. The van der Waals surface area contributed by atoms with E-state index in [9.17, 15) is 14.7 Å². The van der Waals surface area contributed by atoms with E-state index in [0.717, 1.165) is 30.7 Å². The summed E-state index contributed by atoms with van der Waals surface area (Å²) >= 11 is 0. The minimum Gasteiger partial charge on any atom is -0.392 e. The fraction of sp³-hybridized carbons (Fsp3) is 0.588. The molecule has 3 heterocycles. The van der Waals surface area contributed by atoms with Gasteiger partial charge in [-0.2, -0.15) is 4.98 Å². The maximum atomic E-state index is 12.8. The van der Waals surface area contributed by atoms with Crippen LogP contribution in [0.15, 0.2) is 9.59 Å². The highest BCUT2D eigenvalue weighted by Crippen LogP contribution is 2.20. The highest BCUT2D eigenvalue weighted by molar-refractivity contribution is 5.75. The monoisotopic (exact) mass is 360 g/mol. The SMILES string of the molecule is CC#CCn1c(N2CCNCC2)nc2c1c(=O)n(C)c(=O)n2CC(C)O. The minimum absolute atomic E-state index is 0.0704. The lowest BCUT2D eigenvalue weighted by Crippen LogP contribution is -2.44. The third-order valence-electron chi connectivity index (χ3n) is 4.47. The van der Waals surface area contributed by atoms with Gasteiger partial charge in [-0.15, -0.1) is 5.92 Å². The predicted octanol–water partition coefficient (Wildman–Crippen LogP) is -1.29. The van der Waals surface area contributed by atoms with Crippen molar-refractivity contribution in [2.24, 2.45) is 7.05 Å². The van der Waals surface area contributed by atoms with Gasteiger partial charge < -0.3 is 15.3 Å². The first kappa shape index (κ1) is 18.2. The van der Waals surface area contributed by atoms with Crippen molar-refractivity contribution < 1.29 is 5.11 Å². The van der Waals surface area contributed by atoms with Crippen LogP contribution in [0.2, 0.25) is 0 Å². The highest BCUT2D eigenvalue weighted by atomic mass is 16.3. The standard InChI is InChI=1S/C17H24N6O3/c1-4-5-8-22-13-14(19-16(22)21-9-6-18-7-10-21)23(11-12(2)24)17(26)20(3)15(13)25/h12,18,24H,6-11H2,1-3H3. The maximum absolute atomic E-state index is 12.8. The Bertz CT molecular complexity index is 982. The number of hydrogen-bond donors (Lipinski definition) is 2. The average Bonchev–Trinajstić information content (AvgIpc) is 3.01. The Balaban J connectivity index is 2.33. The molecule has 1 fully saturated rings. The van der Waals surface area contributed by atoms with Gasteiger partial charge in [-0.3, -0.25) is 18.5 Å². The smallest absolute Gasteiger partial charge is 0.332 e. The molecule has 0 bridgehead atoms. The number of hydrogen-bond acceptors (Lipinski definition) is 6. The minimum atomic E-state index is -0.739. The molecule has 140 valence electrons. The molecule has 0 saturated carbocycles. The van der Waals surface area contributed by atoms with Gasteiger partial charge in [0.05, 0.1) is 19.2 Å². The van der Waals surface area contributed by atoms with Crippen LogP contribution < -0.4 is 21.5 Å². The summed E-state index contributed by atoms with van der Waals surface area (Å²) in [5.74, 6) is 6.47. The van der Waals surface area contributed by atoms with E-state index >= 15 is 0 Å². The molecule has 1 aliphatic heterocycles. The molecule has 2 aromatic heterocycles. The lowest BCUT2D eigenvalue weighted by atomic mass is 10.4. The van der Waals surface area contributed by atoms with Crippen LogP contribution in [-0.4, -0.2) is 56.1 Å². The number of aromatic nitrogens is 4. The Hall–Kier alpha value is -2.57. The molecule has 1 atom stereocenters. The van der Waals surface area contributed by atoms with Crippen LogP contribution in [0, 0.1) is 11.8 Å². The van der Waals surface area contributed by atoms with Crippen molar-refractivity contribution in [2.75, 3.05) is 31.1 Å². The van der Waals surface area contributed by atoms with Crippen LogP contribution in [0.1, 0.15) is 13.8 Å². The van der Waals surface area contributed by atoms with E-state index in [1.54, 1.807) is 18.4 Å². The summed E-state index contributed by atoms with van der Waals surface area (Å²) in [7, 11) is 1.44. The highest BCUT2D eigenvalue weighted by Gasteiger charge is 2.24. The molecule has 0 amide bonds. The zero-order valence-electron chi connectivity index (χ0n) is 15.3.